The van der Waals surface area contributed by atoms with Crippen molar-refractivity contribution in [2.24, 2.45) is 7.05 Å². The largest absolute Gasteiger partial charge is 0.220 e. The van der Waals surface area contributed by atoms with Crippen LogP contribution in [0, 0.1) is 13.8 Å². The molecule has 0 saturated carbocycles. The number of nitrogens with zero attached hydrogens (tertiary/aromatic N) is 1. The lowest BCUT2D eigenvalue weighted by Gasteiger charge is -2.17. The first-order valence-electron chi connectivity index (χ1n) is 11.0. The van der Waals surface area contributed by atoms with Crippen molar-refractivity contribution < 1.29 is 4.57 Å². The number of hydrogen-bond acceptors (Lipinski definition) is 0. The Morgan fingerprint density at radius 2 is 1.57 bits per heavy atom. The fourth-order valence-electron chi connectivity index (χ4n) is 4.59. The van der Waals surface area contributed by atoms with Gasteiger partial charge in [0.05, 0.1) is 10.9 Å². The summed E-state index contributed by atoms with van der Waals surface area (Å²) >= 11 is 0. The summed E-state index contributed by atoms with van der Waals surface area (Å²) in [6, 6.07) is 14.3. The van der Waals surface area contributed by atoms with E-state index in [1.165, 1.54) is 62.8 Å². The van der Waals surface area contributed by atoms with E-state index in [4.69, 9.17) is 0 Å². The van der Waals surface area contributed by atoms with E-state index in [-0.39, 0.29) is 0 Å². The van der Waals surface area contributed by atoms with Gasteiger partial charge in [0.1, 0.15) is 7.05 Å². The number of hydrogen-bond donors (Lipinski definition) is 0. The summed E-state index contributed by atoms with van der Waals surface area (Å²) in [4.78, 5) is 0. The van der Waals surface area contributed by atoms with Gasteiger partial charge in [-0.15, -0.1) is 0 Å². The monoisotopic (exact) mass is 374 g/mol. The van der Waals surface area contributed by atoms with Gasteiger partial charge in [-0.3, -0.25) is 0 Å². The summed E-state index contributed by atoms with van der Waals surface area (Å²) in [5.41, 5.74) is 9.86. The highest BCUT2D eigenvalue weighted by molar-refractivity contribution is 5.94. The second kappa shape index (κ2) is 8.47. The number of pyridine rings is 1. The minimum Gasteiger partial charge on any atom is -0.198 e. The maximum atomic E-state index is 2.43. The van der Waals surface area contributed by atoms with Crippen LogP contribution in [0.25, 0.3) is 22.0 Å². The van der Waals surface area contributed by atoms with Crippen molar-refractivity contribution in [3.05, 3.63) is 64.3 Å². The smallest absolute Gasteiger partial charge is 0.198 e. The molecule has 2 aromatic carbocycles. The van der Waals surface area contributed by atoms with E-state index in [0.29, 0.717) is 5.92 Å². The first-order chi connectivity index (χ1) is 13.4. The molecule has 1 heterocycles. The van der Waals surface area contributed by atoms with Crippen LogP contribution in [0.1, 0.15) is 74.4 Å². The fourth-order valence-corrected chi connectivity index (χ4v) is 4.59. The Morgan fingerprint density at radius 3 is 2.18 bits per heavy atom. The van der Waals surface area contributed by atoms with Crippen LogP contribution in [-0.2, 0) is 19.9 Å². The topological polar surface area (TPSA) is 3.88 Å². The van der Waals surface area contributed by atoms with Gasteiger partial charge in [-0.2, -0.15) is 4.57 Å². The van der Waals surface area contributed by atoms with E-state index >= 15 is 0 Å². The zero-order chi connectivity index (χ0) is 20.4. The summed E-state index contributed by atoms with van der Waals surface area (Å²) in [5, 5.41) is 2.73. The number of rotatable bonds is 6. The molecule has 0 atom stereocenters. The van der Waals surface area contributed by atoms with Crippen LogP contribution in [-0.4, -0.2) is 0 Å². The minimum atomic E-state index is 0.652. The first kappa shape index (κ1) is 20.6. The van der Waals surface area contributed by atoms with E-state index < -0.39 is 0 Å². The molecule has 0 radical (unpaired) electrons. The number of aromatic nitrogens is 1. The van der Waals surface area contributed by atoms with Gasteiger partial charge in [0.15, 0.2) is 5.69 Å². The zero-order valence-electron chi connectivity index (χ0n) is 18.8. The van der Waals surface area contributed by atoms with Crippen LogP contribution < -0.4 is 4.57 Å². The molecule has 3 rings (SSSR count). The van der Waals surface area contributed by atoms with Crippen molar-refractivity contribution in [2.45, 2.75) is 73.1 Å². The number of benzene rings is 2. The Labute approximate surface area is 171 Å². The standard InChI is InChI=1S/C27H36N/c1-8-20-15-22(11-4)19(6)26(16-20)27-25-13-12-23(21(9-2)10-3)17-24(25)14-18(5)28(27)7/h12-17,21H,8-11H2,1-7H3/q+1. The van der Waals surface area contributed by atoms with Gasteiger partial charge in [0.25, 0.3) is 0 Å². The molecule has 0 spiro atoms. The molecule has 0 fully saturated rings. The summed E-state index contributed by atoms with van der Waals surface area (Å²) in [6.45, 7) is 13.6. The maximum Gasteiger partial charge on any atom is 0.220 e. The number of aryl methyl sites for hydroxylation is 3. The normalized spacial score (nSPS) is 11.6. The molecule has 0 unspecified atom stereocenters. The lowest BCUT2D eigenvalue weighted by atomic mass is 9.89. The molecule has 0 aliphatic rings. The highest BCUT2D eigenvalue weighted by atomic mass is 14.9. The molecule has 148 valence electrons. The Kier molecular flexibility index (Phi) is 6.23. The van der Waals surface area contributed by atoms with Crippen LogP contribution in [0.5, 0.6) is 0 Å². The summed E-state index contributed by atoms with van der Waals surface area (Å²) in [6.07, 6.45) is 4.56. The molecular formula is C27H36N+. The summed E-state index contributed by atoms with van der Waals surface area (Å²) in [7, 11) is 2.21. The Morgan fingerprint density at radius 1 is 0.857 bits per heavy atom. The predicted octanol–water partition coefficient (Wildman–Crippen LogP) is 6.98. The molecule has 0 saturated heterocycles. The maximum absolute atomic E-state index is 2.43. The highest BCUT2D eigenvalue weighted by Crippen LogP contribution is 2.34. The molecule has 0 amide bonds. The summed E-state index contributed by atoms with van der Waals surface area (Å²) in [5.74, 6) is 0.652. The van der Waals surface area contributed by atoms with Gasteiger partial charge in [-0.05, 0) is 78.3 Å². The van der Waals surface area contributed by atoms with Gasteiger partial charge in [0.2, 0.25) is 5.69 Å². The van der Waals surface area contributed by atoms with Crippen molar-refractivity contribution in [3.8, 4) is 11.3 Å². The van der Waals surface area contributed by atoms with E-state index in [1.54, 1.807) is 0 Å². The molecule has 1 heteroatoms. The minimum absolute atomic E-state index is 0.652. The van der Waals surface area contributed by atoms with Gasteiger partial charge in [-0.25, -0.2) is 0 Å². The highest BCUT2D eigenvalue weighted by Gasteiger charge is 2.22. The second-order valence-electron chi connectivity index (χ2n) is 8.19. The molecule has 0 aliphatic carbocycles. The van der Waals surface area contributed by atoms with Gasteiger partial charge >= 0.3 is 0 Å². The third kappa shape index (κ3) is 3.60. The van der Waals surface area contributed by atoms with Gasteiger partial charge in [-0.1, -0.05) is 45.9 Å². The molecule has 1 aromatic heterocycles. The van der Waals surface area contributed by atoms with Crippen LogP contribution >= 0.6 is 0 Å². The number of fused-ring (bicyclic) bond motifs is 1. The third-order valence-electron chi connectivity index (χ3n) is 6.64. The third-order valence-corrected chi connectivity index (χ3v) is 6.64. The van der Waals surface area contributed by atoms with Gasteiger partial charge in [0, 0.05) is 13.0 Å². The quantitative estimate of drug-likeness (QED) is 0.410. The van der Waals surface area contributed by atoms with Crippen molar-refractivity contribution >= 4 is 10.8 Å². The second-order valence-corrected chi connectivity index (χ2v) is 8.19. The van der Waals surface area contributed by atoms with Crippen LogP contribution in [0.4, 0.5) is 0 Å². The predicted molar refractivity (Wildman–Crippen MR) is 122 cm³/mol. The van der Waals surface area contributed by atoms with Crippen molar-refractivity contribution in [1.29, 1.82) is 0 Å². The van der Waals surface area contributed by atoms with E-state index in [2.05, 4.69) is 89.6 Å². The molecule has 0 N–H and O–H groups in total. The van der Waals surface area contributed by atoms with E-state index in [0.717, 1.165) is 12.8 Å². The van der Waals surface area contributed by atoms with Crippen LogP contribution in [0.2, 0.25) is 0 Å². The fraction of sp³-hybridized carbons (Fsp3) is 0.444. The van der Waals surface area contributed by atoms with Crippen molar-refractivity contribution in [3.63, 3.8) is 0 Å². The molecule has 1 nitrogen and oxygen atoms in total. The van der Waals surface area contributed by atoms with E-state index in [1.807, 2.05) is 0 Å². The first-order valence-corrected chi connectivity index (χ1v) is 11.0. The molecular weight excluding hydrogens is 338 g/mol. The SMILES string of the molecule is CCc1cc(CC)c(C)c(-c2c3ccc(C(CC)CC)cc3cc(C)[n+]2C)c1. The Hall–Kier alpha value is -2.15. The van der Waals surface area contributed by atoms with Crippen LogP contribution in [0.3, 0.4) is 0 Å². The van der Waals surface area contributed by atoms with Crippen molar-refractivity contribution in [1.82, 2.24) is 0 Å². The molecule has 0 aliphatic heterocycles. The zero-order valence-corrected chi connectivity index (χ0v) is 18.8. The Bertz CT molecular complexity index is 993. The average molecular weight is 375 g/mol. The molecule has 28 heavy (non-hydrogen) atoms. The van der Waals surface area contributed by atoms with Crippen molar-refractivity contribution in [2.75, 3.05) is 0 Å². The van der Waals surface area contributed by atoms with Crippen LogP contribution in [0.15, 0.2) is 36.4 Å². The molecule has 0 bridgehead atoms. The lowest BCUT2D eigenvalue weighted by molar-refractivity contribution is -0.665. The van der Waals surface area contributed by atoms with Gasteiger partial charge < -0.3 is 0 Å². The Balaban J connectivity index is 2.34. The summed E-state index contributed by atoms with van der Waals surface area (Å²) < 4.78 is 2.38. The average Bonchev–Trinajstić information content (AvgIpc) is 2.70. The molecule has 3 aromatic rings. The van der Waals surface area contributed by atoms with E-state index in [9.17, 15) is 0 Å². The lowest BCUT2D eigenvalue weighted by Crippen LogP contribution is -2.35.